The van der Waals surface area contributed by atoms with Gasteiger partial charge in [-0.15, -0.1) is 0 Å². The van der Waals surface area contributed by atoms with Crippen molar-refractivity contribution in [3.05, 3.63) is 283 Å². The fourth-order valence-electron chi connectivity index (χ4n) is 9.36. The lowest BCUT2D eigenvalue weighted by Crippen LogP contribution is -2.31. The lowest BCUT2D eigenvalue weighted by atomic mass is 9.75. The minimum absolute atomic E-state index is 0.0755. The summed E-state index contributed by atoms with van der Waals surface area (Å²) in [6, 6.07) is 76.4. The van der Waals surface area contributed by atoms with Crippen LogP contribution in [0.25, 0.3) is 29.4 Å². The maximum atomic E-state index is 2.43. The molecule has 0 N–H and O–H groups in total. The van der Waals surface area contributed by atoms with E-state index in [2.05, 4.69) is 288 Å². The summed E-state index contributed by atoms with van der Waals surface area (Å²) in [5.41, 5.74) is 15.9. The van der Waals surface area contributed by atoms with E-state index in [0.29, 0.717) is 0 Å². The zero-order valence-corrected chi connectivity index (χ0v) is 36.7. The zero-order chi connectivity index (χ0) is 44.1. The van der Waals surface area contributed by atoms with Crippen LogP contribution in [0.1, 0.15) is 23.1 Å². The molecule has 0 radical (unpaired) electrons. The Hall–Kier alpha value is -8.40. The average molecular weight is 848 g/mol. The van der Waals surface area contributed by atoms with Gasteiger partial charge < -0.3 is 14.7 Å². The Morgan fingerprint density at radius 1 is 0.424 bits per heavy atom. The van der Waals surface area contributed by atoms with Crippen LogP contribution in [-0.2, 0) is 0 Å². The minimum atomic E-state index is -0.121. The van der Waals surface area contributed by atoms with E-state index >= 15 is 0 Å². The van der Waals surface area contributed by atoms with Crippen LogP contribution in [0.15, 0.2) is 267 Å². The summed E-state index contributed by atoms with van der Waals surface area (Å²) in [5.74, 6) is 0. The molecular weight excluding hydrogens is 799 g/mol. The van der Waals surface area contributed by atoms with Crippen LogP contribution < -0.4 is 14.7 Å². The van der Waals surface area contributed by atoms with Crippen molar-refractivity contribution >= 4 is 63.7 Å². The van der Waals surface area contributed by atoms with E-state index in [4.69, 9.17) is 0 Å². The number of benzene rings is 8. The molecule has 8 aromatic rings. The first-order chi connectivity index (χ1) is 32.6. The summed E-state index contributed by atoms with van der Waals surface area (Å²) in [6.07, 6.45) is 26.1. The van der Waals surface area contributed by atoms with Crippen molar-refractivity contribution in [3.8, 4) is 11.1 Å². The van der Waals surface area contributed by atoms with E-state index in [1.807, 2.05) is 6.07 Å². The molecule has 0 atom stereocenters. The van der Waals surface area contributed by atoms with Crippen LogP contribution in [0, 0.1) is 5.41 Å². The molecule has 1 spiro atoms. The monoisotopic (exact) mass is 847 g/mol. The van der Waals surface area contributed by atoms with Crippen molar-refractivity contribution < 1.29 is 0 Å². The third-order valence-corrected chi connectivity index (χ3v) is 12.8. The molecule has 0 amide bonds. The number of rotatable bonds is 8. The summed E-state index contributed by atoms with van der Waals surface area (Å²) in [5, 5.41) is 0. The number of hydrogen-bond donors (Lipinski definition) is 0. The van der Waals surface area contributed by atoms with Crippen molar-refractivity contribution in [1.29, 1.82) is 0 Å². The van der Waals surface area contributed by atoms with Crippen molar-refractivity contribution in [2.45, 2.75) is 12.5 Å². The largest absolute Gasteiger partial charge is 0.331 e. The molecule has 0 saturated heterocycles. The molecule has 5 aliphatic heterocycles. The summed E-state index contributed by atoms with van der Waals surface area (Å²) >= 11 is 0. The topological polar surface area (TPSA) is 9.72 Å². The van der Waals surface area contributed by atoms with Gasteiger partial charge in [0.2, 0.25) is 0 Å². The van der Waals surface area contributed by atoms with Crippen LogP contribution >= 0.6 is 0 Å². The van der Waals surface area contributed by atoms with Gasteiger partial charge >= 0.3 is 0 Å². The zero-order valence-electron chi connectivity index (χ0n) is 36.7. The lowest BCUT2D eigenvalue weighted by molar-refractivity contribution is 0.603. The Morgan fingerprint density at radius 3 is 1.52 bits per heavy atom. The number of anilines is 8. The van der Waals surface area contributed by atoms with Crippen LogP contribution in [0.2, 0.25) is 0 Å². The summed E-state index contributed by atoms with van der Waals surface area (Å²) in [4.78, 5) is 7.09. The third-order valence-electron chi connectivity index (χ3n) is 12.8. The van der Waals surface area contributed by atoms with E-state index in [0.717, 1.165) is 68.6 Å². The van der Waals surface area contributed by atoms with E-state index < -0.39 is 0 Å². The molecule has 3 heteroatoms. The maximum Gasteiger partial charge on any atom is 0.0707 e. The molecule has 0 fully saturated rings. The second kappa shape index (κ2) is 18.0. The minimum Gasteiger partial charge on any atom is -0.331 e. The maximum absolute atomic E-state index is 2.43. The second-order valence-electron chi connectivity index (χ2n) is 17.2. The number of hydrogen-bond acceptors (Lipinski definition) is 3. The fraction of sp³-hybridized carbons (Fsp3) is 0.0476. The van der Waals surface area contributed by atoms with Crippen molar-refractivity contribution in [3.63, 3.8) is 0 Å². The van der Waals surface area contributed by atoms with E-state index in [1.165, 1.54) is 16.7 Å². The van der Waals surface area contributed by atoms with Crippen molar-refractivity contribution in [1.82, 2.24) is 0 Å². The van der Waals surface area contributed by atoms with Gasteiger partial charge in [0.05, 0.1) is 6.04 Å². The lowest BCUT2D eigenvalue weighted by Gasteiger charge is -2.36. The van der Waals surface area contributed by atoms with Crippen LogP contribution in [0.3, 0.4) is 0 Å². The summed E-state index contributed by atoms with van der Waals surface area (Å²) in [6.45, 7) is 0. The third kappa shape index (κ3) is 8.51. The van der Waals surface area contributed by atoms with Gasteiger partial charge in [-0.25, -0.2) is 0 Å². The standard InChI is InChI=1S/C63H49N3/c1-4-11-48(12-5-1)18-19-49-22-30-56(31-23-49)64(54-14-6-2-7-15-54)58-34-26-52(27-35-58)53-28-36-59(37-29-53)66-57-32-24-50(25-33-57)20-21-51-13-10-44-63(47-51)45-42-62(43-46-63)65(55-16-8-3-9-17-55)60-38-40-61(66)41-39-60/h1-46,62H,47H2/b19-18?,21-20+. The second-order valence-corrected chi connectivity index (χ2v) is 17.2. The van der Waals surface area contributed by atoms with Gasteiger partial charge in [-0.2, -0.15) is 0 Å². The molecule has 0 saturated carbocycles. The number of nitrogens with zero attached hydrogens (tertiary/aromatic N) is 3. The van der Waals surface area contributed by atoms with Crippen molar-refractivity contribution in [2.75, 3.05) is 14.7 Å². The summed E-state index contributed by atoms with van der Waals surface area (Å²) < 4.78 is 0. The molecule has 2 aliphatic carbocycles. The molecule has 66 heavy (non-hydrogen) atoms. The number of fused-ring (bicyclic) bond motifs is 1. The van der Waals surface area contributed by atoms with E-state index in [1.54, 1.807) is 0 Å². The molecule has 0 aromatic heterocycles. The first-order valence-electron chi connectivity index (χ1n) is 22.8. The highest BCUT2D eigenvalue weighted by Gasteiger charge is 2.29. The SMILES string of the molecule is C1=CC23C=CC(C=C2)N(c2ccccc2)c2ccc(cc2)N(c2ccc(-c4ccc(N(c5ccccc5)c5ccc(C=Cc6ccccc6)cc5)cc4)cc2)c2ccc(cc2)/C=C/C(=C1)C3. The smallest absolute Gasteiger partial charge is 0.0707 e. The Bertz CT molecular complexity index is 3090. The van der Waals surface area contributed by atoms with E-state index in [9.17, 15) is 0 Å². The van der Waals surface area contributed by atoms with Crippen LogP contribution in [0.5, 0.6) is 0 Å². The molecule has 316 valence electrons. The first kappa shape index (κ1) is 40.4. The number of para-hydroxylation sites is 2. The van der Waals surface area contributed by atoms with E-state index in [-0.39, 0.29) is 11.5 Å². The average Bonchev–Trinajstić information content (AvgIpc) is 3.38. The number of allylic oxidation sites excluding steroid dienone is 7. The predicted molar refractivity (Wildman–Crippen MR) is 281 cm³/mol. The van der Waals surface area contributed by atoms with Gasteiger partial charge in [-0.05, 0) is 137 Å². The Balaban J connectivity index is 0.903. The highest BCUT2D eigenvalue weighted by Crippen LogP contribution is 2.43. The molecule has 7 aliphatic rings. The molecule has 8 aromatic carbocycles. The van der Waals surface area contributed by atoms with Gasteiger partial charge in [0.25, 0.3) is 0 Å². The highest BCUT2D eigenvalue weighted by molar-refractivity contribution is 5.83. The van der Waals surface area contributed by atoms with Gasteiger partial charge in [-0.3, -0.25) is 0 Å². The molecule has 15 rings (SSSR count). The molecule has 7 bridgehead atoms. The summed E-state index contributed by atoms with van der Waals surface area (Å²) in [7, 11) is 0. The molecular formula is C63H49N3. The normalized spacial score (nSPS) is 17.8. The van der Waals surface area contributed by atoms with Gasteiger partial charge in [0.15, 0.2) is 0 Å². The highest BCUT2D eigenvalue weighted by atomic mass is 15.2. The van der Waals surface area contributed by atoms with Crippen LogP contribution in [-0.4, -0.2) is 6.04 Å². The first-order valence-corrected chi connectivity index (χ1v) is 22.8. The van der Waals surface area contributed by atoms with Gasteiger partial charge in [-0.1, -0.05) is 182 Å². The Morgan fingerprint density at radius 2 is 0.894 bits per heavy atom. The van der Waals surface area contributed by atoms with Gasteiger partial charge in [0, 0.05) is 50.9 Å². The predicted octanol–water partition coefficient (Wildman–Crippen LogP) is 17.0. The fourth-order valence-corrected chi connectivity index (χ4v) is 9.36. The quantitative estimate of drug-likeness (QED) is 0.111. The molecule has 3 nitrogen and oxygen atoms in total. The molecule has 5 heterocycles. The van der Waals surface area contributed by atoms with Crippen LogP contribution in [0.4, 0.5) is 45.5 Å². The Kier molecular flexibility index (Phi) is 11.0. The van der Waals surface area contributed by atoms with Crippen molar-refractivity contribution in [2.24, 2.45) is 5.41 Å². The van der Waals surface area contributed by atoms with Gasteiger partial charge in [0.1, 0.15) is 0 Å². The molecule has 0 unspecified atom stereocenters. The Labute approximate surface area is 388 Å².